The van der Waals surface area contributed by atoms with Crippen molar-refractivity contribution >= 4 is 8.56 Å². The van der Waals surface area contributed by atoms with Crippen LogP contribution < -0.4 is 0 Å². The highest BCUT2D eigenvalue weighted by atomic mass is 28.4. The molecular weight excluding hydrogens is 324 g/mol. The van der Waals surface area contributed by atoms with Crippen LogP contribution >= 0.6 is 0 Å². The van der Waals surface area contributed by atoms with E-state index in [-0.39, 0.29) is 0 Å². The fourth-order valence-electron chi connectivity index (χ4n) is 3.15. The zero-order chi connectivity index (χ0) is 18.6. The predicted molar refractivity (Wildman–Crippen MR) is 115 cm³/mol. The first-order chi connectivity index (χ1) is 12.1. The molecule has 0 N–H and O–H groups in total. The Morgan fingerprint density at radius 2 is 0.720 bits per heavy atom. The van der Waals surface area contributed by atoms with Crippen LogP contribution in [0, 0.1) is 0 Å². The summed E-state index contributed by atoms with van der Waals surface area (Å²) < 4.78 is 12.0. The SMILES string of the molecule is CCCCCCCCCCCCCCCO[Si](C)(C)OCCCCC. The first-order valence-corrected chi connectivity index (χ1v) is 14.2. The van der Waals surface area contributed by atoms with Gasteiger partial charge in [-0.3, -0.25) is 0 Å². The molecule has 0 aliphatic rings. The first-order valence-electron chi connectivity index (χ1n) is 11.4. The number of hydrogen-bond donors (Lipinski definition) is 0. The summed E-state index contributed by atoms with van der Waals surface area (Å²) in [4.78, 5) is 0. The van der Waals surface area contributed by atoms with Crippen molar-refractivity contribution in [2.75, 3.05) is 13.2 Å². The van der Waals surface area contributed by atoms with Crippen molar-refractivity contribution in [2.45, 2.75) is 130 Å². The van der Waals surface area contributed by atoms with Crippen molar-refractivity contribution in [2.24, 2.45) is 0 Å². The van der Waals surface area contributed by atoms with E-state index < -0.39 is 8.56 Å². The molecule has 0 saturated heterocycles. The fourth-order valence-corrected chi connectivity index (χ4v) is 4.50. The molecule has 0 radical (unpaired) electrons. The van der Waals surface area contributed by atoms with Gasteiger partial charge >= 0.3 is 8.56 Å². The van der Waals surface area contributed by atoms with Crippen LogP contribution in [0.4, 0.5) is 0 Å². The van der Waals surface area contributed by atoms with Crippen molar-refractivity contribution in [1.82, 2.24) is 0 Å². The molecule has 0 amide bonds. The summed E-state index contributed by atoms with van der Waals surface area (Å²) in [6, 6.07) is 0. The molecule has 0 aromatic carbocycles. The molecule has 152 valence electrons. The van der Waals surface area contributed by atoms with Gasteiger partial charge in [0.1, 0.15) is 0 Å². The second kappa shape index (κ2) is 18.9. The zero-order valence-electron chi connectivity index (χ0n) is 18.0. The van der Waals surface area contributed by atoms with Crippen LogP contribution in [0.5, 0.6) is 0 Å². The standard InChI is InChI=1S/C22H48O2Si/c1-5-7-9-10-11-12-13-14-15-16-17-18-20-22-24-25(3,4)23-21-19-8-6-2/h5-22H2,1-4H3. The van der Waals surface area contributed by atoms with E-state index in [2.05, 4.69) is 26.9 Å². The number of rotatable bonds is 20. The molecule has 0 bridgehead atoms. The van der Waals surface area contributed by atoms with E-state index in [9.17, 15) is 0 Å². The quantitative estimate of drug-likeness (QED) is 0.159. The molecule has 25 heavy (non-hydrogen) atoms. The molecule has 0 unspecified atom stereocenters. The summed E-state index contributed by atoms with van der Waals surface area (Å²) in [7, 11) is -1.86. The smallest absolute Gasteiger partial charge is 0.331 e. The minimum Gasteiger partial charge on any atom is -0.395 e. The Hall–Kier alpha value is 0.137. The molecule has 0 atom stereocenters. The highest BCUT2D eigenvalue weighted by molar-refractivity contribution is 6.64. The molecule has 0 heterocycles. The molecule has 0 aliphatic heterocycles. The maximum atomic E-state index is 6.03. The Morgan fingerprint density at radius 1 is 0.440 bits per heavy atom. The Kier molecular flexibility index (Phi) is 19.0. The molecule has 0 aromatic rings. The summed E-state index contributed by atoms with van der Waals surface area (Å²) in [5.74, 6) is 0. The summed E-state index contributed by atoms with van der Waals surface area (Å²) in [6.45, 7) is 10.7. The molecule has 2 nitrogen and oxygen atoms in total. The van der Waals surface area contributed by atoms with E-state index in [4.69, 9.17) is 8.85 Å². The zero-order valence-corrected chi connectivity index (χ0v) is 19.0. The van der Waals surface area contributed by atoms with Crippen molar-refractivity contribution < 1.29 is 8.85 Å². The van der Waals surface area contributed by atoms with Gasteiger partial charge in [-0.1, -0.05) is 104 Å². The number of hydrogen-bond acceptors (Lipinski definition) is 2. The lowest BCUT2D eigenvalue weighted by Crippen LogP contribution is -2.35. The van der Waals surface area contributed by atoms with E-state index >= 15 is 0 Å². The van der Waals surface area contributed by atoms with Gasteiger partial charge in [0.25, 0.3) is 0 Å². The molecule has 0 fully saturated rings. The van der Waals surface area contributed by atoms with Crippen LogP contribution in [-0.2, 0) is 8.85 Å². The maximum Gasteiger partial charge on any atom is 0.331 e. The highest BCUT2D eigenvalue weighted by Gasteiger charge is 2.23. The average molecular weight is 373 g/mol. The monoisotopic (exact) mass is 372 g/mol. The van der Waals surface area contributed by atoms with Gasteiger partial charge in [-0.15, -0.1) is 0 Å². The second-order valence-electron chi connectivity index (χ2n) is 8.05. The third-order valence-corrected chi connectivity index (χ3v) is 6.69. The first kappa shape index (κ1) is 25.1. The van der Waals surface area contributed by atoms with Gasteiger partial charge in [-0.25, -0.2) is 0 Å². The molecule has 0 saturated carbocycles. The van der Waals surface area contributed by atoms with Crippen LogP contribution in [0.3, 0.4) is 0 Å². The Balaban J connectivity index is 3.22. The third kappa shape index (κ3) is 20.3. The van der Waals surface area contributed by atoms with Gasteiger partial charge in [0.15, 0.2) is 0 Å². The summed E-state index contributed by atoms with van der Waals surface area (Å²) in [5, 5.41) is 0. The van der Waals surface area contributed by atoms with Gasteiger partial charge in [0.2, 0.25) is 0 Å². The van der Waals surface area contributed by atoms with Crippen LogP contribution in [0.1, 0.15) is 117 Å². The van der Waals surface area contributed by atoms with E-state index in [0.717, 1.165) is 13.2 Å². The van der Waals surface area contributed by atoms with E-state index in [1.165, 1.54) is 103 Å². The lowest BCUT2D eigenvalue weighted by molar-refractivity contribution is 0.173. The molecule has 3 heteroatoms. The third-order valence-electron chi connectivity index (χ3n) is 4.90. The van der Waals surface area contributed by atoms with Crippen molar-refractivity contribution in [3.63, 3.8) is 0 Å². The van der Waals surface area contributed by atoms with Crippen LogP contribution in [0.25, 0.3) is 0 Å². The van der Waals surface area contributed by atoms with Gasteiger partial charge < -0.3 is 8.85 Å². The molecule has 0 aromatic heterocycles. The van der Waals surface area contributed by atoms with Crippen LogP contribution in [0.15, 0.2) is 0 Å². The van der Waals surface area contributed by atoms with Gasteiger partial charge in [-0.05, 0) is 25.9 Å². The van der Waals surface area contributed by atoms with Crippen LogP contribution in [-0.4, -0.2) is 21.8 Å². The van der Waals surface area contributed by atoms with Crippen molar-refractivity contribution in [3.05, 3.63) is 0 Å². The van der Waals surface area contributed by atoms with E-state index in [1.807, 2.05) is 0 Å². The average Bonchev–Trinajstić information content (AvgIpc) is 2.59. The molecule has 0 aliphatic carbocycles. The van der Waals surface area contributed by atoms with Gasteiger partial charge in [0, 0.05) is 13.2 Å². The number of unbranched alkanes of at least 4 members (excludes halogenated alkanes) is 14. The maximum absolute atomic E-state index is 6.03. The lowest BCUT2D eigenvalue weighted by atomic mass is 10.0. The largest absolute Gasteiger partial charge is 0.395 e. The van der Waals surface area contributed by atoms with Gasteiger partial charge in [0.05, 0.1) is 0 Å². The Bertz CT molecular complexity index is 256. The Labute approximate surface area is 160 Å². The van der Waals surface area contributed by atoms with E-state index in [0.29, 0.717) is 0 Å². The highest BCUT2D eigenvalue weighted by Crippen LogP contribution is 2.13. The van der Waals surface area contributed by atoms with Crippen LogP contribution in [0.2, 0.25) is 13.1 Å². The van der Waals surface area contributed by atoms with Gasteiger partial charge in [-0.2, -0.15) is 0 Å². The lowest BCUT2D eigenvalue weighted by Gasteiger charge is -2.22. The topological polar surface area (TPSA) is 18.5 Å². The minimum atomic E-state index is -1.86. The molecule has 0 rings (SSSR count). The minimum absolute atomic E-state index is 0.881. The van der Waals surface area contributed by atoms with Crippen molar-refractivity contribution in [1.29, 1.82) is 0 Å². The normalized spacial score (nSPS) is 12.0. The summed E-state index contributed by atoms with van der Waals surface area (Å²) in [6.07, 6.45) is 21.9. The molecular formula is C22H48O2Si. The van der Waals surface area contributed by atoms with E-state index in [1.54, 1.807) is 0 Å². The predicted octanol–water partition coefficient (Wildman–Crippen LogP) is 8.00. The summed E-state index contributed by atoms with van der Waals surface area (Å²) >= 11 is 0. The Morgan fingerprint density at radius 3 is 1.12 bits per heavy atom. The van der Waals surface area contributed by atoms with Crippen molar-refractivity contribution in [3.8, 4) is 0 Å². The summed E-state index contributed by atoms with van der Waals surface area (Å²) in [5.41, 5.74) is 0. The molecule has 0 spiro atoms. The fraction of sp³-hybridized carbons (Fsp3) is 1.00. The second-order valence-corrected chi connectivity index (χ2v) is 11.4.